The molecule has 0 fully saturated rings. The van der Waals surface area contributed by atoms with E-state index in [-0.39, 0.29) is 18.5 Å². The van der Waals surface area contributed by atoms with Crippen molar-refractivity contribution in [1.82, 2.24) is 5.32 Å². The van der Waals surface area contributed by atoms with Crippen molar-refractivity contribution in [3.63, 3.8) is 0 Å². The van der Waals surface area contributed by atoms with Crippen LogP contribution in [0.25, 0.3) is 0 Å². The normalized spacial score (nSPS) is 12.8. The van der Waals surface area contributed by atoms with Crippen LogP contribution >= 0.6 is 0 Å². The molecule has 0 aliphatic rings. The van der Waals surface area contributed by atoms with E-state index in [0.717, 1.165) is 57.8 Å². The van der Waals surface area contributed by atoms with E-state index >= 15 is 0 Å². The Kier molecular flexibility index (Phi) is 63.5. The van der Waals surface area contributed by atoms with Crippen LogP contribution in [0.1, 0.15) is 361 Å². The van der Waals surface area contributed by atoms with Gasteiger partial charge in [-0.1, -0.05) is 306 Å². The Balaban J connectivity index is 3.41. The number of ether oxygens (including phenoxy) is 1. The maximum absolute atomic E-state index is 12.5. The predicted octanol–water partition coefficient (Wildman–Crippen LogP) is 21.7. The lowest BCUT2D eigenvalue weighted by atomic mass is 10.0. The Morgan fingerprint density at radius 2 is 0.658 bits per heavy atom. The second kappa shape index (κ2) is 65.3. The fraction of sp³-hybridized carbons (Fsp3) is 0.857. The minimum absolute atomic E-state index is 0.00206. The van der Waals surface area contributed by atoms with Gasteiger partial charge in [-0.05, 0) is 89.9 Å². The summed E-state index contributed by atoms with van der Waals surface area (Å²) in [4.78, 5) is 24.6. The molecule has 0 heterocycles. The number of nitrogens with one attached hydrogen (secondary N) is 1. The number of esters is 1. The van der Waals surface area contributed by atoms with Crippen LogP contribution in [0.2, 0.25) is 0 Å². The van der Waals surface area contributed by atoms with Crippen LogP contribution in [0.4, 0.5) is 0 Å². The molecule has 446 valence electrons. The molecule has 76 heavy (non-hydrogen) atoms. The summed E-state index contributed by atoms with van der Waals surface area (Å²) < 4.78 is 5.48. The maximum atomic E-state index is 12.5. The van der Waals surface area contributed by atoms with Gasteiger partial charge >= 0.3 is 5.97 Å². The van der Waals surface area contributed by atoms with E-state index in [1.165, 1.54) is 270 Å². The van der Waals surface area contributed by atoms with Gasteiger partial charge in [-0.2, -0.15) is 0 Å². The second-order valence-corrected chi connectivity index (χ2v) is 23.1. The first-order valence-corrected chi connectivity index (χ1v) is 33.9. The van der Waals surface area contributed by atoms with Gasteiger partial charge in [-0.25, -0.2) is 0 Å². The van der Waals surface area contributed by atoms with Crippen LogP contribution in [-0.4, -0.2) is 47.4 Å². The molecule has 1 amide bonds. The Labute approximate surface area is 474 Å². The number of rotatable bonds is 63. The molecule has 0 radical (unpaired) electrons. The number of carbonyl (C=O) groups excluding carboxylic acids is 2. The average molecular weight is 1070 g/mol. The summed E-state index contributed by atoms with van der Waals surface area (Å²) in [5.41, 5.74) is 0. The molecule has 0 aromatic rings. The van der Waals surface area contributed by atoms with E-state index in [2.05, 4.69) is 67.8 Å². The van der Waals surface area contributed by atoms with Crippen molar-refractivity contribution >= 4 is 11.9 Å². The molecular weight excluding hydrogens is 935 g/mol. The molecule has 2 atom stereocenters. The first-order valence-electron chi connectivity index (χ1n) is 33.9. The highest BCUT2D eigenvalue weighted by Gasteiger charge is 2.20. The zero-order chi connectivity index (χ0) is 55.0. The number of allylic oxidation sites excluding steroid dienone is 8. The topological polar surface area (TPSA) is 95.9 Å². The van der Waals surface area contributed by atoms with Crippen LogP contribution < -0.4 is 5.32 Å². The van der Waals surface area contributed by atoms with E-state index in [0.29, 0.717) is 25.9 Å². The average Bonchev–Trinajstić information content (AvgIpc) is 3.42. The van der Waals surface area contributed by atoms with Gasteiger partial charge in [0.2, 0.25) is 5.91 Å². The number of unbranched alkanes of at least 4 members (excludes halogenated alkanes) is 44. The van der Waals surface area contributed by atoms with E-state index in [4.69, 9.17) is 4.74 Å². The highest BCUT2D eigenvalue weighted by Crippen LogP contribution is 2.18. The van der Waals surface area contributed by atoms with E-state index < -0.39 is 12.1 Å². The summed E-state index contributed by atoms with van der Waals surface area (Å²) >= 11 is 0. The van der Waals surface area contributed by atoms with Gasteiger partial charge in [0, 0.05) is 12.8 Å². The molecule has 0 bridgehead atoms. The number of amides is 1. The Morgan fingerprint density at radius 1 is 0.368 bits per heavy atom. The summed E-state index contributed by atoms with van der Waals surface area (Å²) in [6.45, 7) is 4.93. The molecule has 2 unspecified atom stereocenters. The molecule has 0 saturated heterocycles. The first-order chi connectivity index (χ1) is 37.5. The molecule has 0 aliphatic carbocycles. The number of aliphatic hydroxyl groups is 2. The quantitative estimate of drug-likeness (QED) is 0.0320. The monoisotopic (exact) mass is 1070 g/mol. The molecule has 6 heteroatoms. The zero-order valence-electron chi connectivity index (χ0n) is 51.0. The third kappa shape index (κ3) is 61.0. The highest BCUT2D eigenvalue weighted by molar-refractivity contribution is 5.76. The summed E-state index contributed by atoms with van der Waals surface area (Å²) in [5, 5.41) is 23.3. The van der Waals surface area contributed by atoms with E-state index in [9.17, 15) is 19.8 Å². The lowest BCUT2D eigenvalue weighted by molar-refractivity contribution is -0.143. The second-order valence-electron chi connectivity index (χ2n) is 23.1. The smallest absolute Gasteiger partial charge is 0.305 e. The maximum Gasteiger partial charge on any atom is 0.305 e. The third-order valence-electron chi connectivity index (χ3n) is 15.6. The van der Waals surface area contributed by atoms with Crippen LogP contribution in [-0.2, 0) is 14.3 Å². The summed E-state index contributed by atoms with van der Waals surface area (Å²) in [5.74, 6) is -0.0364. The molecule has 0 spiro atoms. The van der Waals surface area contributed by atoms with Crippen molar-refractivity contribution in [2.75, 3.05) is 13.2 Å². The van der Waals surface area contributed by atoms with Crippen LogP contribution in [0.5, 0.6) is 0 Å². The molecule has 0 aromatic heterocycles. The van der Waals surface area contributed by atoms with E-state index in [1.54, 1.807) is 0 Å². The molecule has 0 aromatic carbocycles. The van der Waals surface area contributed by atoms with Gasteiger partial charge in [0.1, 0.15) is 0 Å². The van der Waals surface area contributed by atoms with Crippen molar-refractivity contribution < 1.29 is 24.5 Å². The van der Waals surface area contributed by atoms with Crippen LogP contribution in [0, 0.1) is 0 Å². The van der Waals surface area contributed by atoms with E-state index in [1.807, 2.05) is 0 Å². The molecule has 0 saturated carbocycles. The SMILES string of the molecule is CCCCC/C=C\C/C=C\CCCCCCCC(=O)OCCCCCCCCCCC/C=C\C/C=C\CCCCCCCCCCCCCCCC(=O)NC(CO)C(O)CCCCCCCCCCCCCCCCC. The van der Waals surface area contributed by atoms with Crippen LogP contribution in [0.3, 0.4) is 0 Å². The highest BCUT2D eigenvalue weighted by atomic mass is 16.5. The molecular formula is C70H131NO5. The van der Waals surface area contributed by atoms with Crippen molar-refractivity contribution in [2.24, 2.45) is 0 Å². The number of hydrogen-bond donors (Lipinski definition) is 3. The minimum atomic E-state index is -0.665. The summed E-state index contributed by atoms with van der Waals surface area (Å²) in [6, 6.07) is -0.543. The molecule has 0 rings (SSSR count). The Hall–Kier alpha value is -2.18. The summed E-state index contributed by atoms with van der Waals surface area (Å²) in [6.07, 6.45) is 84.3. The van der Waals surface area contributed by atoms with Gasteiger partial charge in [0.05, 0.1) is 25.4 Å². The lowest BCUT2D eigenvalue weighted by Gasteiger charge is -2.22. The fourth-order valence-corrected chi connectivity index (χ4v) is 10.4. The van der Waals surface area contributed by atoms with Crippen molar-refractivity contribution in [1.29, 1.82) is 0 Å². The van der Waals surface area contributed by atoms with Crippen molar-refractivity contribution in [3.8, 4) is 0 Å². The van der Waals surface area contributed by atoms with Gasteiger partial charge in [0.25, 0.3) is 0 Å². The number of hydrogen-bond acceptors (Lipinski definition) is 5. The summed E-state index contributed by atoms with van der Waals surface area (Å²) in [7, 11) is 0. The van der Waals surface area contributed by atoms with Gasteiger partial charge in [0.15, 0.2) is 0 Å². The first kappa shape index (κ1) is 73.8. The number of aliphatic hydroxyl groups excluding tert-OH is 2. The fourth-order valence-electron chi connectivity index (χ4n) is 10.4. The number of carbonyl (C=O) groups is 2. The Morgan fingerprint density at radius 3 is 1.03 bits per heavy atom. The zero-order valence-corrected chi connectivity index (χ0v) is 51.0. The van der Waals surface area contributed by atoms with Crippen molar-refractivity contribution in [3.05, 3.63) is 48.6 Å². The minimum Gasteiger partial charge on any atom is -0.466 e. The lowest BCUT2D eigenvalue weighted by Crippen LogP contribution is -2.45. The Bertz CT molecular complexity index is 1270. The standard InChI is InChI=1S/C70H131NO5/c1-3-5-7-9-11-13-15-17-34-38-42-46-50-54-58-62-68(73)67(66-72)71-69(74)63-59-55-51-47-43-39-36-32-30-28-26-24-22-20-19-21-23-25-27-29-31-33-37-41-45-49-53-57-61-65-76-70(75)64-60-56-52-48-44-40-35-18-16-14-12-10-8-6-4-2/h12,14,18-19,21,25,27,35,67-68,72-73H,3-11,13,15-17,20,22-24,26,28-34,36-66H2,1-2H3,(H,71,74)/b14-12-,21-19-,27-25-,35-18-. The predicted molar refractivity (Wildman–Crippen MR) is 333 cm³/mol. The van der Waals surface area contributed by atoms with Crippen molar-refractivity contribution in [2.45, 2.75) is 373 Å². The van der Waals surface area contributed by atoms with Gasteiger partial charge < -0.3 is 20.3 Å². The van der Waals surface area contributed by atoms with Gasteiger partial charge in [-0.15, -0.1) is 0 Å². The van der Waals surface area contributed by atoms with Gasteiger partial charge in [-0.3, -0.25) is 9.59 Å². The third-order valence-corrected chi connectivity index (χ3v) is 15.6. The molecule has 0 aliphatic heterocycles. The largest absolute Gasteiger partial charge is 0.466 e. The molecule has 3 N–H and O–H groups in total. The molecule has 6 nitrogen and oxygen atoms in total. The van der Waals surface area contributed by atoms with Crippen LogP contribution in [0.15, 0.2) is 48.6 Å².